The molecule has 0 aliphatic carbocycles. The van der Waals surface area contributed by atoms with Gasteiger partial charge < -0.3 is 10.6 Å². The Morgan fingerprint density at radius 1 is 1.30 bits per heavy atom. The number of halogens is 1. The Morgan fingerprint density at radius 3 is 2.85 bits per heavy atom. The number of aromatic nitrogens is 1. The molecule has 2 N–H and O–H groups in total. The first-order valence-corrected chi connectivity index (χ1v) is 6.42. The van der Waals surface area contributed by atoms with Gasteiger partial charge in [0.2, 0.25) is 0 Å². The quantitative estimate of drug-likeness (QED) is 0.880. The van der Waals surface area contributed by atoms with E-state index in [0.29, 0.717) is 23.4 Å². The second-order valence-corrected chi connectivity index (χ2v) is 4.23. The van der Waals surface area contributed by atoms with E-state index < -0.39 is 0 Å². The Morgan fingerprint density at radius 2 is 2.10 bits per heavy atom. The van der Waals surface area contributed by atoms with Crippen molar-refractivity contribution in [2.75, 3.05) is 11.9 Å². The number of benzene rings is 1. The summed E-state index contributed by atoms with van der Waals surface area (Å²) in [5.74, 6) is -0.608. The van der Waals surface area contributed by atoms with Crippen molar-refractivity contribution in [3.8, 4) is 0 Å². The maximum Gasteiger partial charge on any atom is 0.255 e. The summed E-state index contributed by atoms with van der Waals surface area (Å²) in [6.07, 6.45) is 3.11. The largest absolute Gasteiger partial charge is 0.385 e. The van der Waals surface area contributed by atoms with Gasteiger partial charge in [-0.1, -0.05) is 18.2 Å². The lowest BCUT2D eigenvalue weighted by Gasteiger charge is -2.10. The molecule has 1 heterocycles. The van der Waals surface area contributed by atoms with E-state index in [-0.39, 0.29) is 18.3 Å². The Bertz CT molecular complexity index is 601. The number of amides is 1. The zero-order valence-electron chi connectivity index (χ0n) is 11.2. The van der Waals surface area contributed by atoms with E-state index in [0.717, 1.165) is 0 Å². The molecule has 20 heavy (non-hydrogen) atoms. The van der Waals surface area contributed by atoms with Gasteiger partial charge in [-0.05, 0) is 19.1 Å². The lowest BCUT2D eigenvalue weighted by atomic mass is 10.2. The lowest BCUT2D eigenvalue weighted by Crippen LogP contribution is -2.24. The molecule has 0 unspecified atom stereocenters. The number of carbonyl (C=O) groups is 1. The zero-order chi connectivity index (χ0) is 14.4. The number of hydrogen-bond acceptors (Lipinski definition) is 3. The standard InChI is InChI=1S/C15H16FN3O/c1-2-18-14-7-8-17-10-12(14)15(20)19-9-11-5-3-4-6-13(11)16/h3-8,10H,2,9H2,1H3,(H,17,18)(H,19,20). The molecule has 104 valence electrons. The van der Waals surface area contributed by atoms with Gasteiger partial charge in [0.15, 0.2) is 0 Å². The normalized spacial score (nSPS) is 10.1. The molecule has 0 bridgehead atoms. The van der Waals surface area contributed by atoms with Crippen LogP contribution in [0.2, 0.25) is 0 Å². The number of nitrogens with zero attached hydrogens (tertiary/aromatic N) is 1. The second kappa shape index (κ2) is 6.65. The predicted molar refractivity (Wildman–Crippen MR) is 76.0 cm³/mol. The van der Waals surface area contributed by atoms with Crippen LogP contribution in [0.15, 0.2) is 42.7 Å². The lowest BCUT2D eigenvalue weighted by molar-refractivity contribution is 0.0951. The summed E-state index contributed by atoms with van der Waals surface area (Å²) >= 11 is 0. The highest BCUT2D eigenvalue weighted by atomic mass is 19.1. The number of anilines is 1. The number of hydrogen-bond donors (Lipinski definition) is 2. The van der Waals surface area contributed by atoms with E-state index in [2.05, 4.69) is 15.6 Å². The summed E-state index contributed by atoms with van der Waals surface area (Å²) in [5, 5.41) is 5.79. The van der Waals surface area contributed by atoms with Gasteiger partial charge in [0, 0.05) is 31.0 Å². The van der Waals surface area contributed by atoms with Crippen molar-refractivity contribution in [1.82, 2.24) is 10.3 Å². The van der Waals surface area contributed by atoms with Crippen LogP contribution in [0.5, 0.6) is 0 Å². The molecule has 0 atom stereocenters. The topological polar surface area (TPSA) is 54.0 Å². The maximum absolute atomic E-state index is 13.5. The van der Waals surface area contributed by atoms with Gasteiger partial charge >= 0.3 is 0 Å². The summed E-state index contributed by atoms with van der Waals surface area (Å²) < 4.78 is 13.5. The Labute approximate surface area is 117 Å². The van der Waals surface area contributed by atoms with E-state index in [1.807, 2.05) is 6.92 Å². The zero-order valence-corrected chi connectivity index (χ0v) is 11.2. The van der Waals surface area contributed by atoms with Crippen LogP contribution in [0.1, 0.15) is 22.8 Å². The molecule has 2 rings (SSSR count). The molecule has 1 amide bonds. The van der Waals surface area contributed by atoms with Crippen molar-refractivity contribution >= 4 is 11.6 Å². The average Bonchev–Trinajstić information content (AvgIpc) is 2.47. The molecule has 0 aliphatic rings. The van der Waals surface area contributed by atoms with Gasteiger partial charge in [0.1, 0.15) is 5.82 Å². The Hall–Kier alpha value is -2.43. The van der Waals surface area contributed by atoms with Crippen molar-refractivity contribution in [3.05, 3.63) is 59.7 Å². The third kappa shape index (κ3) is 3.32. The summed E-state index contributed by atoms with van der Waals surface area (Å²) in [6, 6.07) is 8.10. The molecule has 0 fully saturated rings. The third-order valence-electron chi connectivity index (χ3n) is 2.83. The van der Waals surface area contributed by atoms with Crippen LogP contribution in [0.3, 0.4) is 0 Å². The molecular formula is C15H16FN3O. The van der Waals surface area contributed by atoms with E-state index >= 15 is 0 Å². The molecule has 2 aromatic rings. The smallest absolute Gasteiger partial charge is 0.255 e. The van der Waals surface area contributed by atoms with Gasteiger partial charge in [-0.15, -0.1) is 0 Å². The van der Waals surface area contributed by atoms with Crippen LogP contribution in [-0.2, 0) is 6.54 Å². The second-order valence-electron chi connectivity index (χ2n) is 4.23. The SMILES string of the molecule is CCNc1ccncc1C(=O)NCc1ccccc1F. The van der Waals surface area contributed by atoms with Gasteiger partial charge in [0.25, 0.3) is 5.91 Å². The minimum atomic E-state index is -0.328. The summed E-state index contributed by atoms with van der Waals surface area (Å²) in [5.41, 5.74) is 1.62. The maximum atomic E-state index is 13.5. The molecular weight excluding hydrogens is 257 g/mol. The fourth-order valence-corrected chi connectivity index (χ4v) is 1.83. The van der Waals surface area contributed by atoms with E-state index in [9.17, 15) is 9.18 Å². The molecule has 4 nitrogen and oxygen atoms in total. The first-order valence-electron chi connectivity index (χ1n) is 6.42. The average molecular weight is 273 g/mol. The Kier molecular flexibility index (Phi) is 4.65. The van der Waals surface area contributed by atoms with E-state index in [1.165, 1.54) is 12.3 Å². The highest BCUT2D eigenvalue weighted by Gasteiger charge is 2.11. The minimum Gasteiger partial charge on any atom is -0.385 e. The van der Waals surface area contributed by atoms with Crippen molar-refractivity contribution in [1.29, 1.82) is 0 Å². The van der Waals surface area contributed by atoms with Crippen LogP contribution in [0.25, 0.3) is 0 Å². The minimum absolute atomic E-state index is 0.145. The van der Waals surface area contributed by atoms with Crippen LogP contribution in [-0.4, -0.2) is 17.4 Å². The number of carbonyl (C=O) groups excluding carboxylic acids is 1. The van der Waals surface area contributed by atoms with Gasteiger partial charge in [-0.2, -0.15) is 0 Å². The van der Waals surface area contributed by atoms with Crippen molar-refractivity contribution < 1.29 is 9.18 Å². The number of pyridine rings is 1. The van der Waals surface area contributed by atoms with Crippen LogP contribution < -0.4 is 10.6 Å². The summed E-state index contributed by atoms with van der Waals surface area (Å²) in [7, 11) is 0. The summed E-state index contributed by atoms with van der Waals surface area (Å²) in [4.78, 5) is 16.1. The van der Waals surface area contributed by atoms with E-state index in [1.54, 1.807) is 30.5 Å². The fraction of sp³-hybridized carbons (Fsp3) is 0.200. The van der Waals surface area contributed by atoms with E-state index in [4.69, 9.17) is 0 Å². The van der Waals surface area contributed by atoms with Crippen LogP contribution in [0, 0.1) is 5.82 Å². The van der Waals surface area contributed by atoms with Gasteiger partial charge in [-0.25, -0.2) is 4.39 Å². The molecule has 1 aromatic carbocycles. The van der Waals surface area contributed by atoms with Gasteiger partial charge in [0.05, 0.1) is 11.3 Å². The monoisotopic (exact) mass is 273 g/mol. The number of rotatable bonds is 5. The summed E-state index contributed by atoms with van der Waals surface area (Å²) in [6.45, 7) is 2.80. The molecule has 0 spiro atoms. The van der Waals surface area contributed by atoms with Crippen LogP contribution in [0.4, 0.5) is 10.1 Å². The molecule has 1 aromatic heterocycles. The molecule has 0 radical (unpaired) electrons. The predicted octanol–water partition coefficient (Wildman–Crippen LogP) is 2.58. The van der Waals surface area contributed by atoms with Crippen molar-refractivity contribution in [2.24, 2.45) is 0 Å². The third-order valence-corrected chi connectivity index (χ3v) is 2.83. The first-order chi connectivity index (χ1) is 9.72. The Balaban J connectivity index is 2.07. The van der Waals surface area contributed by atoms with Crippen LogP contribution >= 0.6 is 0 Å². The molecule has 0 aliphatic heterocycles. The van der Waals surface area contributed by atoms with Crippen molar-refractivity contribution in [3.63, 3.8) is 0 Å². The fourth-order valence-electron chi connectivity index (χ4n) is 1.83. The highest BCUT2D eigenvalue weighted by Crippen LogP contribution is 2.13. The molecule has 5 heteroatoms. The van der Waals surface area contributed by atoms with Crippen molar-refractivity contribution in [2.45, 2.75) is 13.5 Å². The highest BCUT2D eigenvalue weighted by molar-refractivity contribution is 5.99. The molecule has 0 saturated heterocycles. The van der Waals surface area contributed by atoms with Gasteiger partial charge in [-0.3, -0.25) is 9.78 Å². The first kappa shape index (κ1) is 14.0. The molecule has 0 saturated carbocycles. The number of nitrogens with one attached hydrogen (secondary N) is 2.